The molecule has 0 radical (unpaired) electrons. The molecule has 2 rings (SSSR count). The number of hydrogen-bond acceptors (Lipinski definition) is 2. The van der Waals surface area contributed by atoms with Crippen LogP contribution in [0.5, 0.6) is 0 Å². The van der Waals surface area contributed by atoms with Crippen molar-refractivity contribution in [3.63, 3.8) is 0 Å². The Kier molecular flexibility index (Phi) is 5.18. The normalized spacial score (nSPS) is 10.5. The molecule has 0 aliphatic heterocycles. The van der Waals surface area contributed by atoms with Crippen LogP contribution >= 0.6 is 15.9 Å². The average Bonchev–Trinajstić information content (AvgIpc) is 2.47. The Morgan fingerprint density at radius 2 is 1.81 bits per heavy atom. The van der Waals surface area contributed by atoms with Crippen molar-refractivity contribution in [2.45, 2.75) is 26.1 Å². The summed E-state index contributed by atoms with van der Waals surface area (Å²) in [4.78, 5) is 11.9. The zero-order chi connectivity index (χ0) is 15.4. The van der Waals surface area contributed by atoms with Gasteiger partial charge in [-0.05, 0) is 60.7 Å². The summed E-state index contributed by atoms with van der Waals surface area (Å²) in [5.74, 6) is -0.272. The largest absolute Gasteiger partial charge is 0.462 e. The van der Waals surface area contributed by atoms with Gasteiger partial charge in [0.25, 0.3) is 0 Å². The molecule has 0 aromatic heterocycles. The molecule has 2 nitrogen and oxygen atoms in total. The maximum atomic E-state index is 11.9. The van der Waals surface area contributed by atoms with E-state index in [0.29, 0.717) is 12.2 Å². The predicted molar refractivity (Wildman–Crippen MR) is 89.9 cm³/mol. The fourth-order valence-corrected chi connectivity index (χ4v) is 2.93. The van der Waals surface area contributed by atoms with E-state index in [1.807, 2.05) is 25.1 Å². The van der Waals surface area contributed by atoms with E-state index in [1.165, 1.54) is 22.3 Å². The van der Waals surface area contributed by atoms with Crippen LogP contribution < -0.4 is 0 Å². The lowest BCUT2D eigenvalue weighted by molar-refractivity contribution is 0.0526. The Balaban J connectivity index is 2.48. The van der Waals surface area contributed by atoms with Crippen molar-refractivity contribution in [2.75, 3.05) is 6.61 Å². The van der Waals surface area contributed by atoms with Crippen LogP contribution in [-0.2, 0) is 10.1 Å². The van der Waals surface area contributed by atoms with Crippen LogP contribution in [0.1, 0.15) is 34.0 Å². The summed E-state index contributed by atoms with van der Waals surface area (Å²) in [5.41, 5.74) is 6.52. The highest BCUT2D eigenvalue weighted by Gasteiger charge is 2.11. The number of aryl methyl sites for hydroxylation is 2. The molecule has 0 atom stereocenters. The van der Waals surface area contributed by atoms with Gasteiger partial charge in [0.1, 0.15) is 0 Å². The van der Waals surface area contributed by atoms with Gasteiger partial charge in [0.2, 0.25) is 0 Å². The molecule has 21 heavy (non-hydrogen) atoms. The van der Waals surface area contributed by atoms with Gasteiger partial charge in [-0.25, -0.2) is 4.79 Å². The van der Waals surface area contributed by atoms with Crippen LogP contribution in [0.3, 0.4) is 0 Å². The second-order valence-corrected chi connectivity index (χ2v) is 5.60. The third kappa shape index (κ3) is 3.53. The van der Waals surface area contributed by atoms with Gasteiger partial charge in [-0.1, -0.05) is 40.2 Å². The summed E-state index contributed by atoms with van der Waals surface area (Å²) in [6.07, 6.45) is 0. The van der Waals surface area contributed by atoms with Crippen molar-refractivity contribution in [3.05, 3.63) is 58.7 Å². The molecule has 0 saturated heterocycles. The number of carbonyl (C=O) groups excluding carboxylic acids is 1. The first kappa shape index (κ1) is 15.8. The Bertz CT molecular complexity index is 639. The average molecular weight is 347 g/mol. The van der Waals surface area contributed by atoms with Gasteiger partial charge >= 0.3 is 5.97 Å². The van der Waals surface area contributed by atoms with E-state index in [9.17, 15) is 4.79 Å². The van der Waals surface area contributed by atoms with Gasteiger partial charge in [0, 0.05) is 5.33 Å². The third-order valence-corrected chi connectivity index (χ3v) is 4.06. The molecular formula is C18H19BrO2. The van der Waals surface area contributed by atoms with E-state index in [4.69, 9.17) is 4.74 Å². The minimum atomic E-state index is -0.272. The zero-order valence-electron chi connectivity index (χ0n) is 12.6. The molecule has 0 heterocycles. The van der Waals surface area contributed by atoms with Gasteiger partial charge in [0.05, 0.1) is 12.2 Å². The first-order valence-electron chi connectivity index (χ1n) is 7.00. The first-order chi connectivity index (χ1) is 10.1. The Morgan fingerprint density at radius 3 is 2.38 bits per heavy atom. The van der Waals surface area contributed by atoms with Gasteiger partial charge in [0.15, 0.2) is 0 Å². The number of rotatable bonds is 4. The van der Waals surface area contributed by atoms with Crippen molar-refractivity contribution >= 4 is 21.9 Å². The van der Waals surface area contributed by atoms with Gasteiger partial charge < -0.3 is 4.74 Å². The van der Waals surface area contributed by atoms with E-state index in [-0.39, 0.29) is 5.97 Å². The number of benzene rings is 2. The lowest BCUT2D eigenvalue weighted by atomic mass is 9.93. The van der Waals surface area contributed by atoms with Crippen LogP contribution in [-0.4, -0.2) is 12.6 Å². The van der Waals surface area contributed by atoms with Gasteiger partial charge in [-0.2, -0.15) is 0 Å². The highest BCUT2D eigenvalue weighted by Crippen LogP contribution is 2.29. The number of esters is 1. The number of hydrogen-bond donors (Lipinski definition) is 0. The molecule has 0 amide bonds. The molecule has 0 N–H and O–H groups in total. The quantitative estimate of drug-likeness (QED) is 0.572. The van der Waals surface area contributed by atoms with E-state index < -0.39 is 0 Å². The molecule has 0 bridgehead atoms. The van der Waals surface area contributed by atoms with E-state index in [0.717, 1.165) is 10.9 Å². The van der Waals surface area contributed by atoms with Crippen molar-refractivity contribution < 1.29 is 9.53 Å². The molecule has 0 unspecified atom stereocenters. The van der Waals surface area contributed by atoms with Crippen LogP contribution in [0.25, 0.3) is 11.1 Å². The second-order valence-electron chi connectivity index (χ2n) is 5.04. The monoisotopic (exact) mass is 346 g/mol. The molecule has 2 aromatic carbocycles. The third-order valence-electron chi connectivity index (χ3n) is 3.41. The summed E-state index contributed by atoms with van der Waals surface area (Å²) in [6, 6.07) is 12.0. The second kappa shape index (κ2) is 6.90. The van der Waals surface area contributed by atoms with Gasteiger partial charge in [-0.15, -0.1) is 0 Å². The van der Waals surface area contributed by atoms with E-state index in [1.54, 1.807) is 6.07 Å². The fourth-order valence-electron chi connectivity index (χ4n) is 2.60. The van der Waals surface area contributed by atoms with Gasteiger partial charge in [-0.3, -0.25) is 0 Å². The summed E-state index contributed by atoms with van der Waals surface area (Å²) < 4.78 is 5.07. The van der Waals surface area contributed by atoms with Crippen LogP contribution in [0, 0.1) is 13.8 Å². The van der Waals surface area contributed by atoms with Crippen LogP contribution in [0.4, 0.5) is 0 Å². The summed E-state index contributed by atoms with van der Waals surface area (Å²) >= 11 is 3.49. The number of ether oxygens (including phenoxy) is 1. The zero-order valence-corrected chi connectivity index (χ0v) is 14.2. The van der Waals surface area contributed by atoms with Crippen molar-refractivity contribution in [3.8, 4) is 11.1 Å². The standard InChI is InChI=1S/C18H19BrO2/c1-4-21-18(20)16-7-5-6-15(10-16)17-12(2)8-14(11-19)9-13(17)3/h5-10H,4,11H2,1-3H3. The van der Waals surface area contributed by atoms with Crippen molar-refractivity contribution in [1.29, 1.82) is 0 Å². The molecule has 0 saturated carbocycles. The highest BCUT2D eigenvalue weighted by atomic mass is 79.9. The number of carbonyl (C=O) groups is 1. The fraction of sp³-hybridized carbons (Fsp3) is 0.278. The lowest BCUT2D eigenvalue weighted by Crippen LogP contribution is -2.04. The minimum absolute atomic E-state index is 0.272. The maximum absolute atomic E-state index is 11.9. The SMILES string of the molecule is CCOC(=O)c1cccc(-c2c(C)cc(CBr)cc2C)c1. The molecule has 3 heteroatoms. The Morgan fingerprint density at radius 1 is 1.14 bits per heavy atom. The molecular weight excluding hydrogens is 328 g/mol. The minimum Gasteiger partial charge on any atom is -0.462 e. The number of alkyl halides is 1. The first-order valence-corrected chi connectivity index (χ1v) is 8.12. The highest BCUT2D eigenvalue weighted by molar-refractivity contribution is 9.08. The van der Waals surface area contributed by atoms with E-state index in [2.05, 4.69) is 41.9 Å². The number of halogens is 1. The lowest BCUT2D eigenvalue weighted by Gasteiger charge is -2.13. The molecule has 0 spiro atoms. The van der Waals surface area contributed by atoms with Crippen molar-refractivity contribution in [2.24, 2.45) is 0 Å². The molecule has 0 fully saturated rings. The van der Waals surface area contributed by atoms with E-state index >= 15 is 0 Å². The maximum Gasteiger partial charge on any atom is 0.338 e. The predicted octanol–water partition coefficient (Wildman–Crippen LogP) is 5.04. The Labute approximate surface area is 134 Å². The molecule has 0 aliphatic carbocycles. The topological polar surface area (TPSA) is 26.3 Å². The Hall–Kier alpha value is -1.61. The van der Waals surface area contributed by atoms with Crippen molar-refractivity contribution in [1.82, 2.24) is 0 Å². The summed E-state index contributed by atoms with van der Waals surface area (Å²) in [6.45, 7) is 6.41. The summed E-state index contributed by atoms with van der Waals surface area (Å²) in [7, 11) is 0. The molecule has 110 valence electrons. The molecule has 0 aliphatic rings. The van der Waals surface area contributed by atoms with Crippen LogP contribution in [0.15, 0.2) is 36.4 Å². The smallest absolute Gasteiger partial charge is 0.338 e. The summed E-state index contributed by atoms with van der Waals surface area (Å²) in [5, 5.41) is 0.845. The van der Waals surface area contributed by atoms with Crippen LogP contribution in [0.2, 0.25) is 0 Å². The molecule has 2 aromatic rings.